The third kappa shape index (κ3) is 2.07. The van der Waals surface area contributed by atoms with E-state index < -0.39 is 11.4 Å². The lowest BCUT2D eigenvalue weighted by molar-refractivity contribution is 0.0666. The van der Waals surface area contributed by atoms with E-state index in [2.05, 4.69) is 11.9 Å². The van der Waals surface area contributed by atoms with Gasteiger partial charge in [-0.25, -0.2) is 4.39 Å². The Hall–Kier alpha value is -1.22. The Morgan fingerprint density at radius 1 is 1.53 bits per heavy atom. The Kier molecular flexibility index (Phi) is 2.57. The van der Waals surface area contributed by atoms with Gasteiger partial charge in [-0.1, -0.05) is 19.1 Å². The molecule has 0 fully saturated rings. The number of allylic oxidation sites excluding steroid dienone is 1. The van der Waals surface area contributed by atoms with Crippen LogP contribution in [0.3, 0.4) is 0 Å². The Morgan fingerprint density at radius 2 is 2.33 bits per heavy atom. The third-order valence-corrected chi connectivity index (χ3v) is 2.89. The van der Waals surface area contributed by atoms with Gasteiger partial charge in [-0.2, -0.15) is 0 Å². The molecule has 1 heterocycles. The Bertz CT molecular complexity index is 391. The smallest absolute Gasteiger partial charge is 0.141 e. The number of aromatic nitrogens is 1. The zero-order valence-corrected chi connectivity index (χ0v) is 8.65. The predicted molar refractivity (Wildman–Crippen MR) is 55.6 cm³/mol. The molecule has 3 heteroatoms. The second kappa shape index (κ2) is 3.74. The molecule has 80 valence electrons. The minimum absolute atomic E-state index is 0.409. The maximum Gasteiger partial charge on any atom is 0.141 e. The number of aliphatic hydroxyl groups is 1. The quantitative estimate of drug-likeness (QED) is 0.717. The lowest BCUT2D eigenvalue weighted by Crippen LogP contribution is -2.27. The molecule has 1 N–H and O–H groups in total. The van der Waals surface area contributed by atoms with Gasteiger partial charge in [0.25, 0.3) is 0 Å². The van der Waals surface area contributed by atoms with Crippen LogP contribution in [0.2, 0.25) is 0 Å². The fourth-order valence-corrected chi connectivity index (χ4v) is 1.84. The van der Waals surface area contributed by atoms with Crippen LogP contribution in [0, 0.1) is 11.7 Å². The van der Waals surface area contributed by atoms with Crippen LogP contribution in [-0.2, 0) is 5.60 Å². The van der Waals surface area contributed by atoms with Gasteiger partial charge < -0.3 is 5.11 Å². The summed E-state index contributed by atoms with van der Waals surface area (Å²) in [6.07, 6.45) is 7.90. The molecular formula is C12H14FNO. The molecule has 1 aromatic heterocycles. The predicted octanol–water partition coefficient (Wildman–Crippen LogP) is 2.39. The fourth-order valence-electron chi connectivity index (χ4n) is 1.84. The summed E-state index contributed by atoms with van der Waals surface area (Å²) >= 11 is 0. The molecule has 2 atom stereocenters. The molecule has 0 radical (unpaired) electrons. The van der Waals surface area contributed by atoms with Gasteiger partial charge in [-0.3, -0.25) is 4.98 Å². The molecule has 2 nitrogen and oxygen atoms in total. The minimum Gasteiger partial charge on any atom is -0.381 e. The van der Waals surface area contributed by atoms with Gasteiger partial charge in [0, 0.05) is 11.8 Å². The van der Waals surface area contributed by atoms with Gasteiger partial charge in [0.05, 0.1) is 6.20 Å². The van der Waals surface area contributed by atoms with Crippen molar-refractivity contribution in [3.8, 4) is 0 Å². The van der Waals surface area contributed by atoms with Gasteiger partial charge in [-0.15, -0.1) is 0 Å². The summed E-state index contributed by atoms with van der Waals surface area (Å²) < 4.78 is 13.0. The molecule has 2 unspecified atom stereocenters. The zero-order valence-electron chi connectivity index (χ0n) is 8.65. The lowest BCUT2D eigenvalue weighted by Gasteiger charge is -2.29. The van der Waals surface area contributed by atoms with Gasteiger partial charge in [-0.05, 0) is 24.8 Å². The lowest BCUT2D eigenvalue weighted by atomic mass is 9.82. The molecule has 2 rings (SSSR count). The van der Waals surface area contributed by atoms with Crippen molar-refractivity contribution in [2.24, 2.45) is 5.92 Å². The summed E-state index contributed by atoms with van der Waals surface area (Å²) in [5.41, 5.74) is -0.507. The molecule has 1 aromatic rings. The average molecular weight is 207 g/mol. The van der Waals surface area contributed by atoms with E-state index in [0.717, 1.165) is 12.6 Å². The molecule has 1 aliphatic rings. The van der Waals surface area contributed by atoms with E-state index in [1.165, 1.54) is 12.3 Å². The van der Waals surface area contributed by atoms with Crippen molar-refractivity contribution in [2.75, 3.05) is 0 Å². The first-order chi connectivity index (χ1) is 7.10. The molecule has 0 saturated heterocycles. The number of rotatable bonds is 1. The van der Waals surface area contributed by atoms with Crippen molar-refractivity contribution < 1.29 is 9.50 Å². The monoisotopic (exact) mass is 207 g/mol. The first-order valence-corrected chi connectivity index (χ1v) is 5.13. The van der Waals surface area contributed by atoms with E-state index in [0.29, 0.717) is 17.9 Å². The van der Waals surface area contributed by atoms with Crippen molar-refractivity contribution in [1.82, 2.24) is 4.98 Å². The summed E-state index contributed by atoms with van der Waals surface area (Å²) in [4.78, 5) is 3.75. The van der Waals surface area contributed by atoms with Crippen molar-refractivity contribution in [1.29, 1.82) is 0 Å². The van der Waals surface area contributed by atoms with E-state index in [9.17, 15) is 9.50 Å². The normalized spacial score (nSPS) is 30.5. The highest BCUT2D eigenvalue weighted by Crippen LogP contribution is 2.33. The van der Waals surface area contributed by atoms with Crippen LogP contribution in [0.15, 0.2) is 30.6 Å². The first-order valence-electron chi connectivity index (χ1n) is 5.13. The molecule has 0 bridgehead atoms. The molecule has 1 aliphatic carbocycles. The third-order valence-electron chi connectivity index (χ3n) is 2.89. The van der Waals surface area contributed by atoms with Crippen LogP contribution in [0.4, 0.5) is 4.39 Å². The zero-order chi connectivity index (χ0) is 10.9. The molecule has 0 amide bonds. The van der Waals surface area contributed by atoms with Crippen LogP contribution < -0.4 is 0 Å². The van der Waals surface area contributed by atoms with Crippen molar-refractivity contribution in [3.63, 3.8) is 0 Å². The summed E-state index contributed by atoms with van der Waals surface area (Å²) in [6, 6.07) is 1.34. The second-order valence-corrected chi connectivity index (χ2v) is 4.19. The van der Waals surface area contributed by atoms with Crippen molar-refractivity contribution in [3.05, 3.63) is 42.0 Å². The van der Waals surface area contributed by atoms with E-state index in [1.807, 2.05) is 6.08 Å². The van der Waals surface area contributed by atoms with Gasteiger partial charge in [0.1, 0.15) is 11.4 Å². The van der Waals surface area contributed by atoms with Crippen molar-refractivity contribution in [2.45, 2.75) is 25.4 Å². The largest absolute Gasteiger partial charge is 0.381 e. The summed E-state index contributed by atoms with van der Waals surface area (Å²) in [5.74, 6) is 0.0692. The maximum atomic E-state index is 13.0. The van der Waals surface area contributed by atoms with Gasteiger partial charge >= 0.3 is 0 Å². The Balaban J connectivity index is 2.34. The number of pyridine rings is 1. The number of halogens is 1. The number of hydrogen-bond acceptors (Lipinski definition) is 2. The summed E-state index contributed by atoms with van der Waals surface area (Å²) in [6.45, 7) is 2.10. The maximum absolute atomic E-state index is 13.0. The van der Waals surface area contributed by atoms with Gasteiger partial charge in [0.2, 0.25) is 0 Å². The van der Waals surface area contributed by atoms with Crippen LogP contribution in [0.5, 0.6) is 0 Å². The minimum atomic E-state index is -1.04. The van der Waals surface area contributed by atoms with Crippen LogP contribution in [0.1, 0.15) is 25.3 Å². The highest BCUT2D eigenvalue weighted by molar-refractivity contribution is 5.26. The summed E-state index contributed by atoms with van der Waals surface area (Å²) in [7, 11) is 0. The SMILES string of the molecule is CC1C=CC(O)(c2cncc(F)c2)CC1. The first kappa shape index (κ1) is 10.3. The van der Waals surface area contributed by atoms with Crippen LogP contribution >= 0.6 is 0 Å². The Morgan fingerprint density at radius 3 is 2.93 bits per heavy atom. The topological polar surface area (TPSA) is 33.1 Å². The van der Waals surface area contributed by atoms with Crippen molar-refractivity contribution >= 4 is 0 Å². The Labute approximate surface area is 88.5 Å². The van der Waals surface area contributed by atoms with E-state index in [4.69, 9.17) is 0 Å². The van der Waals surface area contributed by atoms with E-state index >= 15 is 0 Å². The standard InChI is InChI=1S/C12H14FNO/c1-9-2-4-12(15,5-3-9)10-6-11(13)8-14-7-10/h2,4,6-9,15H,3,5H2,1H3. The fraction of sp³-hybridized carbons (Fsp3) is 0.417. The summed E-state index contributed by atoms with van der Waals surface area (Å²) in [5, 5.41) is 10.3. The molecule has 0 aliphatic heterocycles. The van der Waals surface area contributed by atoms with Crippen LogP contribution in [0.25, 0.3) is 0 Å². The van der Waals surface area contributed by atoms with Gasteiger partial charge in [0.15, 0.2) is 0 Å². The molecule has 0 spiro atoms. The van der Waals surface area contributed by atoms with E-state index in [-0.39, 0.29) is 0 Å². The molecular weight excluding hydrogens is 193 g/mol. The molecule has 15 heavy (non-hydrogen) atoms. The van der Waals surface area contributed by atoms with Crippen LogP contribution in [-0.4, -0.2) is 10.1 Å². The highest BCUT2D eigenvalue weighted by Gasteiger charge is 2.29. The average Bonchev–Trinajstić information content (AvgIpc) is 2.23. The number of nitrogens with zero attached hydrogens (tertiary/aromatic N) is 1. The highest BCUT2D eigenvalue weighted by atomic mass is 19.1. The molecule has 0 aromatic carbocycles. The number of hydrogen-bond donors (Lipinski definition) is 1. The molecule has 0 saturated carbocycles. The van der Waals surface area contributed by atoms with E-state index in [1.54, 1.807) is 6.08 Å². The second-order valence-electron chi connectivity index (χ2n) is 4.19.